The van der Waals surface area contributed by atoms with Crippen LogP contribution in [-0.4, -0.2) is 25.2 Å². The standard InChI is InChI=1S/C52H104O2.C28H56O2/c1-4-7-10-13-16-19-22-25-28-29-32-35-38-41-44-47-50-54-52(53)51(48-45-42-39-36-33-30-26-23-20-17-14-11-8-5-2)49-46-43-40-37-34-31-27-24-21-18-15-12-9-6-3;1-3-5-7-9-11-13-15-17-19-21-23-25-27-30-28(29)26-24-22-20-18-16-14-12-10-8-6-4-2/h51H,4-50H2,1-3H3;3-27H2,1-2H3. The lowest BCUT2D eigenvalue weighted by atomic mass is 9.94. The Kier molecular flexibility index (Phi) is 80.9. The van der Waals surface area contributed by atoms with Gasteiger partial charge in [-0.3, -0.25) is 9.59 Å². The van der Waals surface area contributed by atoms with Gasteiger partial charge in [0.05, 0.1) is 19.1 Å². The van der Waals surface area contributed by atoms with Crippen LogP contribution in [0.4, 0.5) is 0 Å². The Labute approximate surface area is 531 Å². The quantitative estimate of drug-likeness (QED) is 0.0450. The minimum Gasteiger partial charge on any atom is -0.466 e. The summed E-state index contributed by atoms with van der Waals surface area (Å²) in [6.07, 6.45) is 94.3. The van der Waals surface area contributed by atoms with Crippen molar-refractivity contribution in [2.45, 2.75) is 484 Å². The van der Waals surface area contributed by atoms with E-state index in [2.05, 4.69) is 34.6 Å². The molecule has 0 aromatic heterocycles. The van der Waals surface area contributed by atoms with Crippen molar-refractivity contribution in [2.75, 3.05) is 13.2 Å². The lowest BCUT2D eigenvalue weighted by Gasteiger charge is -2.16. The maximum Gasteiger partial charge on any atom is 0.308 e. The fourth-order valence-electron chi connectivity index (χ4n) is 12.6. The number of unbranched alkanes of at least 4 members (excludes halogenated alkanes) is 62. The summed E-state index contributed by atoms with van der Waals surface area (Å²) in [5.41, 5.74) is 0. The molecule has 84 heavy (non-hydrogen) atoms. The number of hydrogen-bond donors (Lipinski definition) is 0. The molecule has 0 bridgehead atoms. The Bertz CT molecular complexity index is 1140. The summed E-state index contributed by atoms with van der Waals surface area (Å²) in [6.45, 7) is 12.7. The molecule has 4 heteroatoms. The predicted molar refractivity (Wildman–Crippen MR) is 377 cm³/mol. The topological polar surface area (TPSA) is 52.6 Å². The van der Waals surface area contributed by atoms with Crippen LogP contribution in [-0.2, 0) is 19.1 Å². The smallest absolute Gasteiger partial charge is 0.308 e. The van der Waals surface area contributed by atoms with E-state index in [1.807, 2.05) is 0 Å². The molecule has 0 saturated carbocycles. The molecule has 0 radical (unpaired) electrons. The monoisotopic (exact) mass is 1190 g/mol. The van der Waals surface area contributed by atoms with Gasteiger partial charge in [-0.1, -0.05) is 446 Å². The minimum absolute atomic E-state index is 0.0222. The average Bonchev–Trinajstić information content (AvgIpc) is 3.51. The van der Waals surface area contributed by atoms with E-state index in [4.69, 9.17) is 9.47 Å². The fraction of sp³-hybridized carbons (Fsp3) is 0.975. The van der Waals surface area contributed by atoms with Crippen molar-refractivity contribution in [3.8, 4) is 0 Å². The van der Waals surface area contributed by atoms with Crippen molar-refractivity contribution >= 4 is 11.9 Å². The minimum atomic E-state index is 0.0222. The Balaban J connectivity index is 0. The van der Waals surface area contributed by atoms with Crippen LogP contribution in [0.25, 0.3) is 0 Å². The number of esters is 2. The molecule has 0 saturated heterocycles. The highest BCUT2D eigenvalue weighted by Gasteiger charge is 2.19. The largest absolute Gasteiger partial charge is 0.466 e. The Morgan fingerprint density at radius 3 is 0.583 bits per heavy atom. The van der Waals surface area contributed by atoms with Crippen LogP contribution in [0.1, 0.15) is 484 Å². The zero-order valence-electron chi connectivity index (χ0n) is 59.1. The van der Waals surface area contributed by atoms with Crippen molar-refractivity contribution in [3.05, 3.63) is 0 Å². The van der Waals surface area contributed by atoms with Gasteiger partial charge in [-0.25, -0.2) is 0 Å². The summed E-state index contributed by atoms with van der Waals surface area (Å²) in [4.78, 5) is 25.0. The molecule has 0 aromatic carbocycles. The first kappa shape index (κ1) is 85.0. The zero-order valence-corrected chi connectivity index (χ0v) is 59.1. The van der Waals surface area contributed by atoms with Crippen molar-refractivity contribution in [2.24, 2.45) is 5.92 Å². The summed E-state index contributed by atoms with van der Waals surface area (Å²) in [5, 5.41) is 0. The van der Waals surface area contributed by atoms with E-state index in [1.54, 1.807) is 0 Å². The summed E-state index contributed by atoms with van der Waals surface area (Å²) in [7, 11) is 0. The second-order valence-electron chi connectivity index (χ2n) is 27.3. The molecule has 0 N–H and O–H groups in total. The molecular formula is C80H160O4. The zero-order chi connectivity index (χ0) is 61.1. The molecule has 0 aromatic rings. The number of hydrogen-bond acceptors (Lipinski definition) is 4. The number of carbonyl (C=O) groups is 2. The van der Waals surface area contributed by atoms with Gasteiger partial charge < -0.3 is 9.47 Å². The normalized spacial score (nSPS) is 11.5. The number of ether oxygens (including phenoxy) is 2. The van der Waals surface area contributed by atoms with E-state index in [0.717, 1.165) is 32.1 Å². The highest BCUT2D eigenvalue weighted by Crippen LogP contribution is 2.23. The third kappa shape index (κ3) is 77.0. The van der Waals surface area contributed by atoms with E-state index in [0.29, 0.717) is 19.6 Å². The van der Waals surface area contributed by atoms with Crippen LogP contribution in [0, 0.1) is 5.92 Å². The molecule has 0 rings (SSSR count). The van der Waals surface area contributed by atoms with Crippen LogP contribution in [0.2, 0.25) is 0 Å². The van der Waals surface area contributed by atoms with Gasteiger partial charge in [0.2, 0.25) is 0 Å². The Morgan fingerprint density at radius 1 is 0.202 bits per heavy atom. The second kappa shape index (κ2) is 80.0. The molecule has 4 nitrogen and oxygen atoms in total. The first-order chi connectivity index (χ1) is 41.6. The van der Waals surface area contributed by atoms with Crippen LogP contribution in [0.15, 0.2) is 0 Å². The second-order valence-corrected chi connectivity index (χ2v) is 27.3. The van der Waals surface area contributed by atoms with E-state index < -0.39 is 0 Å². The lowest BCUT2D eigenvalue weighted by Crippen LogP contribution is -2.18. The maximum atomic E-state index is 13.2. The van der Waals surface area contributed by atoms with Gasteiger partial charge in [-0.15, -0.1) is 0 Å². The maximum absolute atomic E-state index is 13.2. The van der Waals surface area contributed by atoms with Gasteiger partial charge in [0.15, 0.2) is 0 Å². The molecule has 0 unspecified atom stereocenters. The van der Waals surface area contributed by atoms with Gasteiger partial charge in [0.1, 0.15) is 0 Å². The van der Waals surface area contributed by atoms with E-state index in [9.17, 15) is 9.59 Å². The molecule has 0 aliphatic heterocycles. The van der Waals surface area contributed by atoms with Crippen LogP contribution < -0.4 is 0 Å². The van der Waals surface area contributed by atoms with Gasteiger partial charge in [0, 0.05) is 6.42 Å². The molecule has 0 fully saturated rings. The SMILES string of the molecule is CCCCCCCCCCCCCCCCCCOC(=O)C(CCCCCCCCCCCCCCCC)CCCCCCCCCCCCCCCC.CCCCCCCCCCCCCCOC(=O)CCCCCCCCCCCCC. The van der Waals surface area contributed by atoms with Crippen molar-refractivity contribution in [3.63, 3.8) is 0 Å². The molecular weight excluding hydrogens is 1020 g/mol. The summed E-state index contributed by atoms with van der Waals surface area (Å²) >= 11 is 0. The molecule has 0 aliphatic rings. The van der Waals surface area contributed by atoms with Gasteiger partial charge >= 0.3 is 11.9 Å². The highest BCUT2D eigenvalue weighted by atomic mass is 16.5. The first-order valence-electron chi connectivity index (χ1n) is 39.9. The van der Waals surface area contributed by atoms with E-state index >= 15 is 0 Å². The fourth-order valence-corrected chi connectivity index (χ4v) is 12.6. The van der Waals surface area contributed by atoms with Gasteiger partial charge in [0.25, 0.3) is 0 Å². The Hall–Kier alpha value is -1.06. The number of carbonyl (C=O) groups excluding carboxylic acids is 2. The third-order valence-corrected chi connectivity index (χ3v) is 18.6. The third-order valence-electron chi connectivity index (χ3n) is 18.6. The predicted octanol–water partition coefficient (Wildman–Crippen LogP) is 29.1. The van der Waals surface area contributed by atoms with Crippen molar-refractivity contribution in [1.82, 2.24) is 0 Å². The van der Waals surface area contributed by atoms with E-state index in [1.165, 1.54) is 411 Å². The van der Waals surface area contributed by atoms with Gasteiger partial charge in [-0.05, 0) is 32.1 Å². The van der Waals surface area contributed by atoms with Crippen LogP contribution in [0.3, 0.4) is 0 Å². The first-order valence-corrected chi connectivity index (χ1v) is 39.9. The van der Waals surface area contributed by atoms with Crippen LogP contribution in [0.5, 0.6) is 0 Å². The summed E-state index contributed by atoms with van der Waals surface area (Å²) in [5.74, 6) is 0.287. The molecule has 0 spiro atoms. The lowest BCUT2D eigenvalue weighted by molar-refractivity contribution is -0.149. The molecule has 0 amide bonds. The van der Waals surface area contributed by atoms with Crippen LogP contribution >= 0.6 is 0 Å². The van der Waals surface area contributed by atoms with Crippen molar-refractivity contribution in [1.29, 1.82) is 0 Å². The summed E-state index contributed by atoms with van der Waals surface area (Å²) in [6, 6.07) is 0. The number of rotatable bonds is 73. The molecule has 0 heterocycles. The molecule has 504 valence electrons. The molecule has 0 aliphatic carbocycles. The summed E-state index contributed by atoms with van der Waals surface area (Å²) < 4.78 is 11.3. The average molecular weight is 1190 g/mol. The van der Waals surface area contributed by atoms with Gasteiger partial charge in [-0.2, -0.15) is 0 Å². The Morgan fingerprint density at radius 2 is 0.369 bits per heavy atom. The molecule has 0 atom stereocenters. The highest BCUT2D eigenvalue weighted by molar-refractivity contribution is 5.72. The van der Waals surface area contributed by atoms with E-state index in [-0.39, 0.29) is 17.9 Å². The van der Waals surface area contributed by atoms with Crippen molar-refractivity contribution < 1.29 is 19.1 Å².